The molecule has 70 heavy (non-hydrogen) atoms. The molecule has 4 atom stereocenters. The minimum absolute atomic E-state index is 0.0615. The van der Waals surface area contributed by atoms with Gasteiger partial charge in [-0.15, -0.1) is 0 Å². The summed E-state index contributed by atoms with van der Waals surface area (Å²) in [4.78, 5) is 93.4. The standard InChI is InChI=1S/C54H46N8O8/c1-60-49-41(54(50(60)66)24-35-13-15-39(21-37(35)25-54)56-46(64)28-61-27-44(70-51(61)67)31-7-3-2-4-8-31)16-17-42(58-49)32-9-5-10-33(19-32)43-30-69-52(68)62(43)29-47(65)57-38-14-12-34-22-53(23-36(34)20-38)26-45(63)59-48-40(53)11-6-18-55-48/h2-21,43-44H,22-30H2,1H3,(H,56,64)(H,57,65)(H,55,59,63)/t43-,44?,53?,54?/m0/s1. The summed E-state index contributed by atoms with van der Waals surface area (Å²) < 4.78 is 11.0. The summed E-state index contributed by atoms with van der Waals surface area (Å²) in [5, 5.41) is 8.81. The van der Waals surface area contributed by atoms with E-state index in [9.17, 15) is 28.8 Å². The molecular formula is C54H46N8O8. The van der Waals surface area contributed by atoms with Crippen molar-refractivity contribution < 1.29 is 38.2 Å². The van der Waals surface area contributed by atoms with Crippen molar-refractivity contribution in [3.63, 3.8) is 0 Å². The Bertz CT molecular complexity index is 3240. The van der Waals surface area contributed by atoms with Crippen molar-refractivity contribution >= 4 is 58.8 Å². The number of pyridine rings is 2. The molecule has 3 unspecified atom stereocenters. The summed E-state index contributed by atoms with van der Waals surface area (Å²) in [7, 11) is 1.74. The van der Waals surface area contributed by atoms with E-state index in [1.54, 1.807) is 18.1 Å². The van der Waals surface area contributed by atoms with Crippen LogP contribution in [0.1, 0.15) is 63.1 Å². The molecule has 12 rings (SSSR count). The van der Waals surface area contributed by atoms with Gasteiger partial charge in [0.2, 0.25) is 23.6 Å². The highest BCUT2D eigenvalue weighted by Crippen LogP contribution is 2.50. The number of hydrogen-bond donors (Lipinski definition) is 3. The molecule has 2 spiro atoms. The van der Waals surface area contributed by atoms with Crippen LogP contribution in [-0.2, 0) is 65.2 Å². The molecule has 2 fully saturated rings. The van der Waals surface area contributed by atoms with Crippen molar-refractivity contribution in [2.75, 3.05) is 54.1 Å². The van der Waals surface area contributed by atoms with Crippen LogP contribution in [0.2, 0.25) is 0 Å². The van der Waals surface area contributed by atoms with Crippen LogP contribution < -0.4 is 20.9 Å². The van der Waals surface area contributed by atoms with Crippen LogP contribution in [0.5, 0.6) is 0 Å². The third kappa shape index (κ3) is 7.29. The average molecular weight is 935 g/mol. The number of fused-ring (bicyclic) bond motifs is 6. The van der Waals surface area contributed by atoms with E-state index in [0.717, 1.165) is 50.1 Å². The van der Waals surface area contributed by atoms with Gasteiger partial charge in [0.25, 0.3) is 0 Å². The number of amides is 6. The molecule has 2 aliphatic carbocycles. The van der Waals surface area contributed by atoms with E-state index >= 15 is 0 Å². The maximum atomic E-state index is 14.3. The maximum Gasteiger partial charge on any atom is 0.411 e. The van der Waals surface area contributed by atoms with Crippen LogP contribution in [-0.4, -0.2) is 88.9 Å². The first-order chi connectivity index (χ1) is 33.9. The van der Waals surface area contributed by atoms with Crippen molar-refractivity contribution in [1.82, 2.24) is 19.8 Å². The van der Waals surface area contributed by atoms with E-state index in [0.29, 0.717) is 60.8 Å². The highest BCUT2D eigenvalue weighted by Gasteiger charge is 2.54. The zero-order valence-corrected chi connectivity index (χ0v) is 38.1. The molecule has 2 saturated heterocycles. The molecule has 6 heterocycles. The fourth-order valence-electron chi connectivity index (χ4n) is 11.5. The van der Waals surface area contributed by atoms with Crippen LogP contribution in [0.4, 0.5) is 32.6 Å². The lowest BCUT2D eigenvalue weighted by molar-refractivity contribution is -0.122. The third-order valence-corrected chi connectivity index (χ3v) is 14.8. The van der Waals surface area contributed by atoms with Crippen molar-refractivity contribution in [2.45, 2.75) is 55.1 Å². The first-order valence-corrected chi connectivity index (χ1v) is 23.3. The molecule has 6 aromatic rings. The molecule has 3 N–H and O–H groups in total. The van der Waals surface area contributed by atoms with E-state index in [-0.39, 0.29) is 49.9 Å². The lowest BCUT2D eigenvalue weighted by atomic mass is 9.73. The van der Waals surface area contributed by atoms with Crippen molar-refractivity contribution in [1.29, 1.82) is 0 Å². The van der Waals surface area contributed by atoms with Gasteiger partial charge in [0, 0.05) is 53.1 Å². The number of ether oxygens (including phenoxy) is 2. The summed E-state index contributed by atoms with van der Waals surface area (Å²) in [6.07, 6.45) is 2.68. The summed E-state index contributed by atoms with van der Waals surface area (Å²) in [6, 6.07) is 35.8. The molecule has 2 aromatic heterocycles. The Hall–Kier alpha value is -8.40. The van der Waals surface area contributed by atoms with Gasteiger partial charge in [0.05, 0.1) is 23.7 Å². The zero-order valence-electron chi connectivity index (χ0n) is 38.1. The van der Waals surface area contributed by atoms with Gasteiger partial charge in [-0.05, 0) is 102 Å². The molecular weight excluding hydrogens is 889 g/mol. The van der Waals surface area contributed by atoms with Gasteiger partial charge in [-0.2, -0.15) is 0 Å². The molecule has 0 radical (unpaired) electrons. The monoisotopic (exact) mass is 934 g/mol. The molecule has 350 valence electrons. The van der Waals surface area contributed by atoms with Gasteiger partial charge in [0.15, 0.2) is 0 Å². The minimum Gasteiger partial charge on any atom is -0.447 e. The number of nitrogens with one attached hydrogen (secondary N) is 3. The first-order valence-electron chi connectivity index (χ1n) is 23.3. The quantitative estimate of drug-likeness (QED) is 0.139. The number of aromatic nitrogens is 2. The molecule has 4 aromatic carbocycles. The number of carbonyl (C=O) groups is 6. The molecule has 4 aliphatic heterocycles. The molecule has 16 nitrogen and oxygen atoms in total. The first kappa shape index (κ1) is 42.9. The number of likely N-dealkylation sites (N-methyl/N-ethyl adjacent to an activating group) is 1. The van der Waals surface area contributed by atoms with Gasteiger partial charge >= 0.3 is 12.2 Å². The number of carbonyl (C=O) groups excluding carboxylic acids is 6. The Labute approximate surface area is 402 Å². The molecule has 0 bridgehead atoms. The van der Waals surface area contributed by atoms with E-state index in [1.807, 2.05) is 115 Å². The van der Waals surface area contributed by atoms with E-state index in [1.165, 1.54) is 9.80 Å². The number of rotatable bonds is 9. The number of cyclic esters (lactones) is 2. The fraction of sp³-hybridized carbons (Fsp3) is 0.259. The van der Waals surface area contributed by atoms with Gasteiger partial charge in [-0.1, -0.05) is 72.8 Å². The van der Waals surface area contributed by atoms with Gasteiger partial charge in [0.1, 0.15) is 37.4 Å². The van der Waals surface area contributed by atoms with Crippen molar-refractivity contribution in [3.05, 3.63) is 166 Å². The summed E-state index contributed by atoms with van der Waals surface area (Å²) in [6.45, 7) is -0.0584. The number of anilines is 4. The maximum absolute atomic E-state index is 14.3. The van der Waals surface area contributed by atoms with Crippen LogP contribution in [0, 0.1) is 0 Å². The number of benzene rings is 4. The zero-order chi connectivity index (χ0) is 47.9. The predicted octanol–water partition coefficient (Wildman–Crippen LogP) is 6.80. The molecule has 0 saturated carbocycles. The minimum atomic E-state index is -0.865. The Balaban J connectivity index is 0.711. The SMILES string of the molecule is CN1C(=O)C2(Cc3ccc(NC(=O)CN4CC(c5ccccc5)OC4=O)cc3C2)c2ccc(-c3cccc([C@@H]4COC(=O)N4CC(=O)Nc4ccc5c(c4)CC4(CC(=O)Nc6ncccc64)C5)c3)nc21. The third-order valence-electron chi connectivity index (χ3n) is 14.8. The van der Waals surface area contributed by atoms with Crippen molar-refractivity contribution in [3.8, 4) is 11.3 Å². The van der Waals surface area contributed by atoms with Crippen molar-refractivity contribution in [2.24, 2.45) is 0 Å². The Morgan fingerprint density at radius 2 is 1.43 bits per heavy atom. The molecule has 6 aliphatic rings. The van der Waals surface area contributed by atoms with Crippen LogP contribution in [0.25, 0.3) is 11.3 Å². The lowest BCUT2D eigenvalue weighted by Gasteiger charge is -2.34. The topological polar surface area (TPSA) is 192 Å². The Morgan fingerprint density at radius 3 is 2.23 bits per heavy atom. The predicted molar refractivity (Wildman–Crippen MR) is 257 cm³/mol. The number of nitrogens with zero attached hydrogens (tertiary/aromatic N) is 5. The smallest absolute Gasteiger partial charge is 0.411 e. The Morgan fingerprint density at radius 1 is 0.714 bits per heavy atom. The summed E-state index contributed by atoms with van der Waals surface area (Å²) in [5.74, 6) is 0.304. The second-order valence-electron chi connectivity index (χ2n) is 19.2. The summed E-state index contributed by atoms with van der Waals surface area (Å²) >= 11 is 0. The average Bonchev–Trinajstić information content (AvgIpc) is 4.16. The van der Waals surface area contributed by atoms with Gasteiger partial charge in [-0.3, -0.25) is 33.9 Å². The van der Waals surface area contributed by atoms with Gasteiger partial charge < -0.3 is 25.4 Å². The van der Waals surface area contributed by atoms with Crippen LogP contribution >= 0.6 is 0 Å². The van der Waals surface area contributed by atoms with E-state index in [4.69, 9.17) is 14.5 Å². The largest absolute Gasteiger partial charge is 0.447 e. The second-order valence-corrected chi connectivity index (χ2v) is 19.2. The molecule has 16 heteroatoms. The number of hydrogen-bond acceptors (Lipinski definition) is 10. The highest BCUT2D eigenvalue weighted by molar-refractivity contribution is 6.08. The normalized spacial score (nSPS) is 22.7. The van der Waals surface area contributed by atoms with E-state index in [2.05, 4.69) is 20.9 Å². The van der Waals surface area contributed by atoms with Gasteiger partial charge in [-0.25, -0.2) is 19.6 Å². The highest BCUT2D eigenvalue weighted by atomic mass is 16.6. The lowest BCUT2D eigenvalue weighted by Crippen LogP contribution is -2.39. The second kappa shape index (κ2) is 16.4. The van der Waals surface area contributed by atoms with Crippen LogP contribution in [0.3, 0.4) is 0 Å². The Kier molecular flexibility index (Phi) is 10.0. The molecule has 6 amide bonds. The fourth-order valence-corrected chi connectivity index (χ4v) is 11.5. The van der Waals surface area contributed by atoms with Crippen LogP contribution in [0.15, 0.2) is 121 Å². The summed E-state index contributed by atoms with van der Waals surface area (Å²) in [5.41, 5.74) is 8.90. The van der Waals surface area contributed by atoms with E-state index < -0.39 is 35.2 Å².